The van der Waals surface area contributed by atoms with Gasteiger partial charge in [-0.1, -0.05) is 42.5 Å². The Bertz CT molecular complexity index is 749. The van der Waals surface area contributed by atoms with Crippen LogP contribution < -0.4 is 5.32 Å². The van der Waals surface area contributed by atoms with Gasteiger partial charge in [-0.2, -0.15) is 0 Å². The van der Waals surface area contributed by atoms with Gasteiger partial charge in [-0.3, -0.25) is 4.79 Å². The molecular formula is C17H17N3O. The Kier molecular flexibility index (Phi) is 3.69. The lowest BCUT2D eigenvalue weighted by Gasteiger charge is -2.18. The molecule has 0 aliphatic heterocycles. The molecule has 1 heterocycles. The van der Waals surface area contributed by atoms with Crippen LogP contribution in [-0.2, 0) is 11.3 Å². The summed E-state index contributed by atoms with van der Waals surface area (Å²) in [6.07, 6.45) is 0.705. The number of hydrogen-bond acceptors (Lipinski definition) is 2. The van der Waals surface area contributed by atoms with Crippen molar-refractivity contribution >= 4 is 17.4 Å². The molecule has 0 saturated heterocycles. The molecule has 0 radical (unpaired) electrons. The van der Waals surface area contributed by atoms with E-state index >= 15 is 0 Å². The van der Waals surface area contributed by atoms with Crippen molar-refractivity contribution in [1.82, 2.24) is 14.9 Å². The number of aromatic nitrogens is 2. The van der Waals surface area contributed by atoms with Crippen LogP contribution in [0.15, 0.2) is 54.6 Å². The number of carbonyl (C=O) groups is 1. The van der Waals surface area contributed by atoms with Crippen LogP contribution in [0.25, 0.3) is 11.0 Å². The van der Waals surface area contributed by atoms with E-state index in [9.17, 15) is 4.79 Å². The van der Waals surface area contributed by atoms with Gasteiger partial charge < -0.3 is 9.88 Å². The molecule has 21 heavy (non-hydrogen) atoms. The van der Waals surface area contributed by atoms with E-state index in [-0.39, 0.29) is 6.04 Å². The first kappa shape index (κ1) is 13.4. The van der Waals surface area contributed by atoms with E-state index in [1.165, 1.54) is 5.56 Å². The van der Waals surface area contributed by atoms with Gasteiger partial charge in [-0.05, 0) is 24.6 Å². The highest BCUT2D eigenvalue weighted by Crippen LogP contribution is 2.25. The van der Waals surface area contributed by atoms with Gasteiger partial charge in [-0.15, -0.1) is 0 Å². The monoisotopic (exact) mass is 279 g/mol. The summed E-state index contributed by atoms with van der Waals surface area (Å²) in [7, 11) is 0. The fourth-order valence-electron chi connectivity index (χ4n) is 2.66. The number of fused-ring (bicyclic) bond motifs is 1. The third-order valence-corrected chi connectivity index (χ3v) is 3.68. The number of hydrogen-bond donors (Lipinski definition) is 1. The summed E-state index contributed by atoms with van der Waals surface area (Å²) in [6, 6.07) is 18.5. The van der Waals surface area contributed by atoms with Crippen molar-refractivity contribution in [2.45, 2.75) is 19.5 Å². The average molecular weight is 279 g/mol. The minimum absolute atomic E-state index is 0.155. The Hall–Kier alpha value is -2.62. The van der Waals surface area contributed by atoms with E-state index in [1.807, 2.05) is 36.4 Å². The normalized spacial score (nSPS) is 12.2. The summed E-state index contributed by atoms with van der Waals surface area (Å²) < 4.78 is 2.18. The van der Waals surface area contributed by atoms with E-state index in [0.717, 1.165) is 16.9 Å². The number of imidazole rings is 1. The summed E-state index contributed by atoms with van der Waals surface area (Å²) in [6.45, 7) is 2.57. The molecular weight excluding hydrogens is 262 g/mol. The van der Waals surface area contributed by atoms with Crippen molar-refractivity contribution in [3.05, 3.63) is 66.0 Å². The van der Waals surface area contributed by atoms with E-state index in [0.29, 0.717) is 13.0 Å². The predicted molar refractivity (Wildman–Crippen MR) is 82.9 cm³/mol. The maximum atomic E-state index is 10.6. The molecule has 4 heteroatoms. The standard InChI is InChI=1S/C17H17N3O/c1-13(14-7-3-2-4-8-14)20-16-10-6-5-9-15(16)19-17(20)11-18-12-21/h2-10,12-13H,11H2,1H3,(H,18,21)/t13-/m0/s1. The average Bonchev–Trinajstić information content (AvgIpc) is 2.91. The lowest BCUT2D eigenvalue weighted by atomic mass is 10.1. The molecule has 0 aliphatic carbocycles. The van der Waals surface area contributed by atoms with Crippen molar-refractivity contribution in [3.63, 3.8) is 0 Å². The molecule has 2 aromatic carbocycles. The summed E-state index contributed by atoms with van der Waals surface area (Å²) >= 11 is 0. The van der Waals surface area contributed by atoms with E-state index in [4.69, 9.17) is 0 Å². The molecule has 4 nitrogen and oxygen atoms in total. The highest BCUT2D eigenvalue weighted by atomic mass is 16.1. The van der Waals surface area contributed by atoms with Crippen molar-refractivity contribution in [2.75, 3.05) is 0 Å². The zero-order valence-electron chi connectivity index (χ0n) is 11.9. The smallest absolute Gasteiger partial charge is 0.207 e. The number of nitrogens with zero attached hydrogens (tertiary/aromatic N) is 2. The van der Waals surface area contributed by atoms with Crippen LogP contribution in [0.4, 0.5) is 0 Å². The fourth-order valence-corrected chi connectivity index (χ4v) is 2.66. The summed E-state index contributed by atoms with van der Waals surface area (Å²) in [5, 5.41) is 2.71. The van der Waals surface area contributed by atoms with E-state index < -0.39 is 0 Å². The highest BCUT2D eigenvalue weighted by Gasteiger charge is 2.16. The molecule has 3 aromatic rings. The first-order valence-corrected chi connectivity index (χ1v) is 6.99. The molecule has 3 rings (SSSR count). The Morgan fingerprint density at radius 3 is 2.62 bits per heavy atom. The van der Waals surface area contributed by atoms with Crippen LogP contribution >= 0.6 is 0 Å². The van der Waals surface area contributed by atoms with Crippen LogP contribution in [0, 0.1) is 0 Å². The number of rotatable bonds is 5. The molecule has 1 N–H and O–H groups in total. The van der Waals surface area contributed by atoms with Crippen LogP contribution in [0.3, 0.4) is 0 Å². The Balaban J connectivity index is 2.12. The number of nitrogens with one attached hydrogen (secondary N) is 1. The van der Waals surface area contributed by atoms with Gasteiger partial charge in [0.15, 0.2) is 0 Å². The van der Waals surface area contributed by atoms with Gasteiger partial charge in [-0.25, -0.2) is 4.98 Å². The van der Waals surface area contributed by atoms with Crippen LogP contribution in [0.2, 0.25) is 0 Å². The minimum atomic E-state index is 0.155. The van der Waals surface area contributed by atoms with Gasteiger partial charge in [0.1, 0.15) is 5.82 Å². The molecule has 106 valence electrons. The molecule has 1 aromatic heterocycles. The minimum Gasteiger partial charge on any atom is -0.351 e. The maximum Gasteiger partial charge on any atom is 0.207 e. The highest BCUT2D eigenvalue weighted by molar-refractivity contribution is 5.76. The summed E-state index contributed by atoms with van der Waals surface area (Å²) in [5.74, 6) is 0.861. The Morgan fingerprint density at radius 2 is 1.86 bits per heavy atom. The van der Waals surface area contributed by atoms with Crippen LogP contribution in [0.1, 0.15) is 24.4 Å². The number of amides is 1. The second-order valence-corrected chi connectivity index (χ2v) is 4.97. The molecule has 0 unspecified atom stereocenters. The lowest BCUT2D eigenvalue weighted by Crippen LogP contribution is -2.17. The van der Waals surface area contributed by atoms with Crippen molar-refractivity contribution in [1.29, 1.82) is 0 Å². The second kappa shape index (κ2) is 5.79. The molecule has 0 spiro atoms. The lowest BCUT2D eigenvalue weighted by molar-refractivity contribution is -0.109. The third kappa shape index (κ3) is 2.52. The first-order valence-electron chi connectivity index (χ1n) is 6.99. The van der Waals surface area contributed by atoms with Crippen molar-refractivity contribution in [2.24, 2.45) is 0 Å². The van der Waals surface area contributed by atoms with Gasteiger partial charge in [0.2, 0.25) is 6.41 Å². The quantitative estimate of drug-likeness (QED) is 0.730. The van der Waals surface area contributed by atoms with Crippen molar-refractivity contribution in [3.8, 4) is 0 Å². The number of benzene rings is 2. The van der Waals surface area contributed by atoms with Gasteiger partial charge >= 0.3 is 0 Å². The largest absolute Gasteiger partial charge is 0.351 e. The zero-order valence-corrected chi connectivity index (χ0v) is 11.9. The maximum absolute atomic E-state index is 10.6. The fraction of sp³-hybridized carbons (Fsp3) is 0.176. The molecule has 0 fully saturated rings. The zero-order chi connectivity index (χ0) is 14.7. The van der Waals surface area contributed by atoms with Crippen LogP contribution in [-0.4, -0.2) is 16.0 Å². The van der Waals surface area contributed by atoms with Gasteiger partial charge in [0, 0.05) is 0 Å². The summed E-state index contributed by atoms with van der Waals surface area (Å²) in [5.41, 5.74) is 3.24. The Labute approximate surface area is 123 Å². The first-order chi connectivity index (χ1) is 10.3. The second-order valence-electron chi connectivity index (χ2n) is 4.97. The molecule has 1 atom stereocenters. The van der Waals surface area contributed by atoms with E-state index in [2.05, 4.69) is 40.0 Å². The molecule has 0 saturated carbocycles. The predicted octanol–water partition coefficient (Wildman–Crippen LogP) is 2.89. The topological polar surface area (TPSA) is 46.9 Å². The molecule has 0 aliphatic rings. The van der Waals surface area contributed by atoms with E-state index in [1.54, 1.807) is 0 Å². The molecule has 0 bridgehead atoms. The SMILES string of the molecule is C[C@@H](c1ccccc1)n1c(CNC=O)nc2ccccc21. The number of para-hydroxylation sites is 2. The van der Waals surface area contributed by atoms with Crippen LogP contribution in [0.5, 0.6) is 0 Å². The Morgan fingerprint density at radius 1 is 1.14 bits per heavy atom. The molecule has 1 amide bonds. The third-order valence-electron chi connectivity index (χ3n) is 3.68. The van der Waals surface area contributed by atoms with Crippen molar-refractivity contribution < 1.29 is 4.79 Å². The van der Waals surface area contributed by atoms with Gasteiger partial charge in [0.25, 0.3) is 0 Å². The van der Waals surface area contributed by atoms with Gasteiger partial charge in [0.05, 0.1) is 23.6 Å². The summed E-state index contributed by atoms with van der Waals surface area (Å²) in [4.78, 5) is 15.2. The number of carbonyl (C=O) groups excluding carboxylic acids is 1.